The van der Waals surface area contributed by atoms with E-state index in [4.69, 9.17) is 0 Å². The SMILES string of the molecule is [As].[B].[PH].[Se].[Si].[Te]. The molecule has 0 aromatic carbocycles. The molecular weight excluding hydrogens is 351 g/mol. The maximum atomic E-state index is 0. The Morgan fingerprint density at radius 2 is 1.00 bits per heavy atom. The summed E-state index contributed by atoms with van der Waals surface area (Å²) in [7, 11) is 0. The molecule has 6 heteroatoms. The minimum absolute atomic E-state index is 0. The third-order valence-electron chi connectivity index (χ3n) is 0. The van der Waals surface area contributed by atoms with Gasteiger partial charge in [-0.05, 0) is 0 Å². The van der Waals surface area contributed by atoms with Crippen LogP contribution in [0.2, 0.25) is 0 Å². The van der Waals surface area contributed by atoms with Crippen molar-refractivity contribution in [1.29, 1.82) is 0 Å². The Morgan fingerprint density at radius 3 is 1.00 bits per heavy atom. The molecule has 0 bridgehead atoms. The largest absolute Gasteiger partial charge is 0.0677 e. The monoisotopic (exact) mass is 356 g/mol. The van der Waals surface area contributed by atoms with Gasteiger partial charge in [0, 0.05) is 78.1 Å². The Kier molecular flexibility index (Phi) is 609. The molecule has 0 aliphatic rings. The molecule has 6 heavy (non-hydrogen) atoms. The molecule has 30 valence electrons. The van der Waals surface area contributed by atoms with Crippen LogP contribution in [-0.2, 0) is 0 Å². The molecule has 0 aromatic rings. The van der Waals surface area contributed by atoms with Crippen molar-refractivity contribution in [2.75, 3.05) is 0 Å². The van der Waals surface area contributed by atoms with E-state index in [0.29, 0.717) is 0 Å². The Labute approximate surface area is 87.1 Å². The second kappa shape index (κ2) is 49.3. The Morgan fingerprint density at radius 1 is 1.00 bits per heavy atom. The molecule has 0 rings (SSSR count). The number of hydrogen-bond donors (Lipinski definition) is 0. The fourth-order valence-corrected chi connectivity index (χ4v) is 0. The van der Waals surface area contributed by atoms with Crippen LogP contribution in [0.25, 0.3) is 0 Å². The first-order valence-corrected chi connectivity index (χ1v) is 0. The molecule has 0 unspecified atom stereocenters. The van der Waals surface area contributed by atoms with E-state index in [0.717, 1.165) is 0 Å². The maximum Gasteiger partial charge on any atom is 0 e. The standard InChI is InChI=1S/As.B.HP.Se.Si.Te/h;;1H;;;. The van der Waals surface area contributed by atoms with Gasteiger partial charge < -0.3 is 0 Å². The fourth-order valence-electron chi connectivity index (χ4n) is 0. The summed E-state index contributed by atoms with van der Waals surface area (Å²) >= 11 is 0. The van der Waals surface area contributed by atoms with Crippen LogP contribution < -0.4 is 0 Å². The minimum Gasteiger partial charge on any atom is -0.0677 e. The topological polar surface area (TPSA) is 0 Å². The van der Waals surface area contributed by atoms with E-state index in [1.807, 2.05) is 0 Å². The first-order chi connectivity index (χ1) is 0. The molecule has 0 heterocycles. The van der Waals surface area contributed by atoms with E-state index in [1.165, 1.54) is 0 Å². The number of hydrogen-bond acceptors (Lipinski definition) is 0. The summed E-state index contributed by atoms with van der Waals surface area (Å²) in [4.78, 5) is 0. The van der Waals surface area contributed by atoms with Crippen molar-refractivity contribution in [3.05, 3.63) is 0 Å². The van der Waals surface area contributed by atoms with Gasteiger partial charge in [0.1, 0.15) is 0 Å². The van der Waals surface area contributed by atoms with Gasteiger partial charge in [0.25, 0.3) is 0 Å². The average molecular weight is 352 g/mol. The summed E-state index contributed by atoms with van der Waals surface area (Å²) in [5.74, 6) is 0. The van der Waals surface area contributed by atoms with E-state index >= 15 is 0 Å². The molecule has 0 fully saturated rings. The van der Waals surface area contributed by atoms with E-state index < -0.39 is 0 Å². The van der Waals surface area contributed by atoms with Crippen molar-refractivity contribution in [2.24, 2.45) is 0 Å². The van der Waals surface area contributed by atoms with Crippen molar-refractivity contribution >= 4 is 88.0 Å². The maximum absolute atomic E-state index is 0. The van der Waals surface area contributed by atoms with Gasteiger partial charge in [-0.25, -0.2) is 0 Å². The molecule has 0 amide bonds. The second-order valence-corrected chi connectivity index (χ2v) is 0. The molecule has 0 aliphatic heterocycles. The Balaban J connectivity index is 0. The molecular formula is HAsBPSeSiTe. The van der Waals surface area contributed by atoms with Crippen LogP contribution in [-0.4, -0.2) is 78.1 Å². The molecule has 0 spiro atoms. The molecule has 16 radical (unpaired) electrons. The van der Waals surface area contributed by atoms with Crippen LogP contribution >= 0.6 is 9.90 Å². The van der Waals surface area contributed by atoms with Gasteiger partial charge in [-0.1, -0.05) is 9.90 Å². The van der Waals surface area contributed by atoms with E-state index in [-0.39, 0.29) is 88.0 Å². The van der Waals surface area contributed by atoms with Gasteiger partial charge in [0.2, 0.25) is 0 Å². The van der Waals surface area contributed by atoms with Crippen molar-refractivity contribution in [1.82, 2.24) is 0 Å². The molecule has 0 nitrogen and oxygen atoms in total. The Hall–Kier alpha value is 2.58. The van der Waals surface area contributed by atoms with Gasteiger partial charge in [-0.2, -0.15) is 0 Å². The van der Waals surface area contributed by atoms with Crippen LogP contribution in [0.3, 0.4) is 0 Å². The van der Waals surface area contributed by atoms with E-state index in [1.54, 1.807) is 0 Å². The smallest absolute Gasteiger partial charge is 0 e. The summed E-state index contributed by atoms with van der Waals surface area (Å²) in [5, 5.41) is 0. The third-order valence-corrected chi connectivity index (χ3v) is 0. The first-order valence-electron chi connectivity index (χ1n) is 0. The van der Waals surface area contributed by atoms with Gasteiger partial charge in [0.15, 0.2) is 0 Å². The van der Waals surface area contributed by atoms with Crippen molar-refractivity contribution < 1.29 is 0 Å². The predicted molar refractivity (Wildman–Crippen MR) is 37.1 cm³/mol. The van der Waals surface area contributed by atoms with Crippen LogP contribution in [0, 0.1) is 0 Å². The molecule has 0 N–H and O–H groups in total. The zero-order valence-electron chi connectivity index (χ0n) is 2.84. The predicted octanol–water partition coefficient (Wildman–Crippen LogP) is -1.31. The van der Waals surface area contributed by atoms with E-state index in [2.05, 4.69) is 0 Å². The average Bonchev–Trinajstić information content (AvgIpc) is 0. The second-order valence-electron chi connectivity index (χ2n) is 0. The summed E-state index contributed by atoms with van der Waals surface area (Å²) in [6.45, 7) is 0. The van der Waals surface area contributed by atoms with Gasteiger partial charge in [0.05, 0.1) is 0 Å². The molecule has 0 saturated heterocycles. The van der Waals surface area contributed by atoms with Crippen molar-refractivity contribution in [3.63, 3.8) is 0 Å². The molecule has 0 aliphatic carbocycles. The molecule has 0 saturated carbocycles. The fraction of sp³-hybridized carbons (Fsp3) is 0. The summed E-state index contributed by atoms with van der Waals surface area (Å²) in [5.41, 5.74) is 0. The normalized spacial score (nSPS) is 0. The van der Waals surface area contributed by atoms with Crippen LogP contribution in [0.15, 0.2) is 0 Å². The van der Waals surface area contributed by atoms with Crippen LogP contribution in [0.5, 0.6) is 0 Å². The molecule has 0 atom stereocenters. The minimum atomic E-state index is 0. The molecule has 0 aromatic heterocycles. The van der Waals surface area contributed by atoms with Crippen LogP contribution in [0.1, 0.15) is 0 Å². The van der Waals surface area contributed by atoms with Crippen LogP contribution in [0.4, 0.5) is 0 Å². The summed E-state index contributed by atoms with van der Waals surface area (Å²) in [6.07, 6.45) is 0. The van der Waals surface area contributed by atoms with Crippen molar-refractivity contribution in [2.45, 2.75) is 0 Å². The van der Waals surface area contributed by atoms with Gasteiger partial charge in [-0.15, -0.1) is 0 Å². The van der Waals surface area contributed by atoms with Crippen molar-refractivity contribution in [3.8, 4) is 0 Å². The van der Waals surface area contributed by atoms with E-state index in [9.17, 15) is 0 Å². The summed E-state index contributed by atoms with van der Waals surface area (Å²) < 4.78 is 0. The summed E-state index contributed by atoms with van der Waals surface area (Å²) in [6, 6.07) is 0. The zero-order valence-corrected chi connectivity index (χ0v) is 10.8. The van der Waals surface area contributed by atoms with Gasteiger partial charge in [-0.3, -0.25) is 0 Å². The van der Waals surface area contributed by atoms with Gasteiger partial charge >= 0.3 is 0 Å². The quantitative estimate of drug-likeness (QED) is 0.375. The third kappa shape index (κ3) is 30.8. The Bertz CT molecular complexity index is 15.5. The first kappa shape index (κ1) is 74.1. The zero-order chi connectivity index (χ0) is 0. The number of rotatable bonds is 0.